The number of nitro benzene ring substituents is 1. The van der Waals surface area contributed by atoms with Crippen molar-refractivity contribution in [1.29, 1.82) is 0 Å². The van der Waals surface area contributed by atoms with E-state index in [1.54, 1.807) is 18.2 Å². The molecule has 2 rings (SSSR count). The highest BCUT2D eigenvalue weighted by Crippen LogP contribution is 2.38. The quantitative estimate of drug-likeness (QED) is 0.498. The molecule has 1 heterocycles. The lowest BCUT2D eigenvalue weighted by Crippen LogP contribution is -2.40. The van der Waals surface area contributed by atoms with Gasteiger partial charge in [0.1, 0.15) is 11.4 Å². The molecule has 1 saturated heterocycles. The molecule has 1 aromatic carbocycles. The number of benzene rings is 1. The molecule has 0 bridgehead atoms. The molecule has 0 aliphatic carbocycles. The number of nitrogen functional groups attached to an aromatic ring is 1. The molecule has 6 heteroatoms. The first kappa shape index (κ1) is 13.6. The highest BCUT2D eigenvalue weighted by Gasteiger charge is 2.29. The standard InChI is InChI=1S/C13H20N4O2/c1-9-6-7-16(10(2)8-9)12-5-3-4-11(15-14)13(12)17(18)19/h3-5,9-10,15H,6-8,14H2,1-2H3. The van der Waals surface area contributed by atoms with Crippen LogP contribution in [0.3, 0.4) is 0 Å². The molecule has 0 spiro atoms. The van der Waals surface area contributed by atoms with Crippen LogP contribution < -0.4 is 16.2 Å². The summed E-state index contributed by atoms with van der Waals surface area (Å²) < 4.78 is 0. The monoisotopic (exact) mass is 264 g/mol. The van der Waals surface area contributed by atoms with Crippen molar-refractivity contribution >= 4 is 17.1 Å². The first-order valence-corrected chi connectivity index (χ1v) is 6.55. The van der Waals surface area contributed by atoms with Gasteiger partial charge in [-0.1, -0.05) is 13.0 Å². The number of nitrogens with two attached hydrogens (primary N) is 1. The van der Waals surface area contributed by atoms with Gasteiger partial charge in [-0.15, -0.1) is 0 Å². The Morgan fingerprint density at radius 2 is 2.21 bits per heavy atom. The van der Waals surface area contributed by atoms with Crippen LogP contribution in [0.1, 0.15) is 26.7 Å². The van der Waals surface area contributed by atoms with Gasteiger partial charge in [0.05, 0.1) is 4.92 Å². The Morgan fingerprint density at radius 3 is 2.79 bits per heavy atom. The fraction of sp³-hybridized carbons (Fsp3) is 0.538. The third kappa shape index (κ3) is 2.63. The zero-order valence-electron chi connectivity index (χ0n) is 11.3. The number of hydrogen-bond acceptors (Lipinski definition) is 5. The van der Waals surface area contributed by atoms with E-state index >= 15 is 0 Å². The van der Waals surface area contributed by atoms with Crippen LogP contribution in [0.4, 0.5) is 17.1 Å². The van der Waals surface area contributed by atoms with Gasteiger partial charge < -0.3 is 10.3 Å². The van der Waals surface area contributed by atoms with Gasteiger partial charge in [-0.3, -0.25) is 16.0 Å². The van der Waals surface area contributed by atoms with E-state index < -0.39 is 0 Å². The maximum Gasteiger partial charge on any atom is 0.316 e. The number of nitrogens with zero attached hydrogens (tertiary/aromatic N) is 2. The minimum absolute atomic E-state index is 0.0615. The van der Waals surface area contributed by atoms with Gasteiger partial charge in [-0.25, -0.2) is 0 Å². The predicted molar refractivity (Wildman–Crippen MR) is 76.1 cm³/mol. The summed E-state index contributed by atoms with van der Waals surface area (Å²) in [6.07, 6.45) is 2.11. The average Bonchev–Trinajstić information content (AvgIpc) is 2.37. The first-order chi connectivity index (χ1) is 9.04. The van der Waals surface area contributed by atoms with Crippen LogP contribution in [0, 0.1) is 16.0 Å². The van der Waals surface area contributed by atoms with Crippen molar-refractivity contribution < 1.29 is 4.92 Å². The minimum atomic E-state index is -0.366. The third-order valence-electron chi connectivity index (χ3n) is 3.80. The van der Waals surface area contributed by atoms with Crippen molar-refractivity contribution in [3.8, 4) is 0 Å². The smallest absolute Gasteiger partial charge is 0.316 e. The van der Waals surface area contributed by atoms with Gasteiger partial charge in [0.15, 0.2) is 0 Å². The molecule has 1 fully saturated rings. The summed E-state index contributed by atoms with van der Waals surface area (Å²) in [7, 11) is 0. The van der Waals surface area contributed by atoms with Crippen LogP contribution in [-0.2, 0) is 0 Å². The second kappa shape index (κ2) is 5.44. The van der Waals surface area contributed by atoms with Crippen LogP contribution in [0.5, 0.6) is 0 Å². The number of hydrazine groups is 1. The first-order valence-electron chi connectivity index (χ1n) is 6.55. The van der Waals surface area contributed by atoms with Crippen LogP contribution in [0.2, 0.25) is 0 Å². The Hall–Kier alpha value is -1.82. The Kier molecular flexibility index (Phi) is 3.90. The molecule has 1 aromatic rings. The molecule has 0 radical (unpaired) electrons. The lowest BCUT2D eigenvalue weighted by molar-refractivity contribution is -0.383. The second-order valence-electron chi connectivity index (χ2n) is 5.25. The van der Waals surface area contributed by atoms with Crippen LogP contribution in [0.25, 0.3) is 0 Å². The molecule has 19 heavy (non-hydrogen) atoms. The summed E-state index contributed by atoms with van der Waals surface area (Å²) in [5.41, 5.74) is 3.48. The van der Waals surface area contributed by atoms with Crippen molar-refractivity contribution in [2.24, 2.45) is 11.8 Å². The molecule has 6 nitrogen and oxygen atoms in total. The van der Waals surface area contributed by atoms with Crippen molar-refractivity contribution in [3.63, 3.8) is 0 Å². The molecule has 1 aliphatic rings. The highest BCUT2D eigenvalue weighted by molar-refractivity contribution is 5.77. The van der Waals surface area contributed by atoms with Gasteiger partial charge in [0.25, 0.3) is 0 Å². The normalized spacial score (nSPS) is 23.2. The summed E-state index contributed by atoms with van der Waals surface area (Å²) in [4.78, 5) is 13.0. The maximum absolute atomic E-state index is 11.3. The summed E-state index contributed by atoms with van der Waals surface area (Å²) in [6.45, 7) is 5.18. The molecule has 1 aliphatic heterocycles. The van der Waals surface area contributed by atoms with Crippen molar-refractivity contribution in [2.45, 2.75) is 32.7 Å². The molecule has 3 N–H and O–H groups in total. The topological polar surface area (TPSA) is 84.4 Å². The number of anilines is 2. The zero-order valence-corrected chi connectivity index (χ0v) is 11.3. The van der Waals surface area contributed by atoms with E-state index in [4.69, 9.17) is 5.84 Å². The lowest BCUT2D eigenvalue weighted by atomic mass is 9.92. The van der Waals surface area contributed by atoms with E-state index in [9.17, 15) is 10.1 Å². The lowest BCUT2D eigenvalue weighted by Gasteiger charge is -2.38. The maximum atomic E-state index is 11.3. The molecular weight excluding hydrogens is 244 g/mol. The Labute approximate surface area is 112 Å². The van der Waals surface area contributed by atoms with E-state index in [-0.39, 0.29) is 10.6 Å². The Morgan fingerprint density at radius 1 is 1.47 bits per heavy atom. The fourth-order valence-electron chi connectivity index (χ4n) is 2.84. The summed E-state index contributed by atoms with van der Waals surface area (Å²) in [6, 6.07) is 5.52. The number of hydrogen-bond donors (Lipinski definition) is 2. The predicted octanol–water partition coefficient (Wildman–Crippen LogP) is 2.51. The molecule has 0 amide bonds. The van der Waals surface area contributed by atoms with Gasteiger partial charge in [0.2, 0.25) is 0 Å². The number of para-hydroxylation sites is 1. The van der Waals surface area contributed by atoms with E-state index in [0.29, 0.717) is 23.3 Å². The molecule has 104 valence electrons. The van der Waals surface area contributed by atoms with E-state index in [2.05, 4.69) is 24.2 Å². The zero-order chi connectivity index (χ0) is 14.0. The second-order valence-corrected chi connectivity index (χ2v) is 5.25. The van der Waals surface area contributed by atoms with E-state index in [0.717, 1.165) is 19.4 Å². The fourth-order valence-corrected chi connectivity index (χ4v) is 2.84. The van der Waals surface area contributed by atoms with Gasteiger partial charge >= 0.3 is 5.69 Å². The largest absolute Gasteiger partial charge is 0.363 e. The number of piperidine rings is 1. The summed E-state index contributed by atoms with van der Waals surface area (Å²) >= 11 is 0. The third-order valence-corrected chi connectivity index (χ3v) is 3.80. The highest BCUT2D eigenvalue weighted by atomic mass is 16.6. The van der Waals surface area contributed by atoms with Gasteiger partial charge in [-0.05, 0) is 37.8 Å². The average molecular weight is 264 g/mol. The van der Waals surface area contributed by atoms with Crippen molar-refractivity contribution in [1.82, 2.24) is 0 Å². The minimum Gasteiger partial charge on any atom is -0.363 e. The summed E-state index contributed by atoms with van der Waals surface area (Å²) in [5, 5.41) is 11.3. The Balaban J connectivity index is 2.41. The number of nitro groups is 1. The van der Waals surface area contributed by atoms with Crippen molar-refractivity contribution in [3.05, 3.63) is 28.3 Å². The van der Waals surface area contributed by atoms with Crippen molar-refractivity contribution in [2.75, 3.05) is 16.9 Å². The number of rotatable bonds is 3. The SMILES string of the molecule is CC1CCN(c2cccc(NN)c2[N+](=O)[O-])C(C)C1. The molecule has 2 atom stereocenters. The Bertz CT molecular complexity index is 478. The van der Waals surface area contributed by atoms with Crippen LogP contribution >= 0.6 is 0 Å². The molecule has 0 saturated carbocycles. The van der Waals surface area contributed by atoms with Gasteiger partial charge in [0, 0.05) is 12.6 Å². The molecular formula is C13H20N4O2. The molecule has 0 aromatic heterocycles. The van der Waals surface area contributed by atoms with Gasteiger partial charge in [-0.2, -0.15) is 0 Å². The van der Waals surface area contributed by atoms with Crippen LogP contribution in [-0.4, -0.2) is 17.5 Å². The van der Waals surface area contributed by atoms with Crippen LogP contribution in [0.15, 0.2) is 18.2 Å². The number of nitrogens with one attached hydrogen (secondary N) is 1. The summed E-state index contributed by atoms with van der Waals surface area (Å²) in [5.74, 6) is 6.04. The van der Waals surface area contributed by atoms with E-state index in [1.807, 2.05) is 0 Å². The molecule has 2 unspecified atom stereocenters. The van der Waals surface area contributed by atoms with E-state index in [1.165, 1.54) is 0 Å².